The predicted molar refractivity (Wildman–Crippen MR) is 93.7 cm³/mol. The predicted octanol–water partition coefficient (Wildman–Crippen LogP) is 4.57. The first-order valence-corrected chi connectivity index (χ1v) is 8.47. The van der Waals surface area contributed by atoms with Crippen LogP contribution in [0.3, 0.4) is 0 Å². The van der Waals surface area contributed by atoms with Gasteiger partial charge >= 0.3 is 0 Å². The van der Waals surface area contributed by atoms with E-state index in [-0.39, 0.29) is 10.9 Å². The Balaban J connectivity index is 1.61. The van der Waals surface area contributed by atoms with Crippen LogP contribution in [0.15, 0.2) is 48.1 Å². The fourth-order valence-electron chi connectivity index (χ4n) is 2.10. The zero-order valence-corrected chi connectivity index (χ0v) is 14.1. The fraction of sp³-hybridized carbons (Fsp3) is 0.118. The largest absolute Gasteiger partial charge is 0.302 e. The number of halogens is 2. The second-order valence-electron chi connectivity index (χ2n) is 5.08. The van der Waals surface area contributed by atoms with E-state index >= 15 is 0 Å². The van der Waals surface area contributed by atoms with Crippen molar-refractivity contribution in [2.75, 3.05) is 5.32 Å². The highest BCUT2D eigenvalue weighted by molar-refractivity contribution is 7.14. The van der Waals surface area contributed by atoms with Crippen molar-refractivity contribution >= 4 is 34.0 Å². The van der Waals surface area contributed by atoms with E-state index in [0.29, 0.717) is 29.2 Å². The van der Waals surface area contributed by atoms with Gasteiger partial charge in [-0.15, -0.1) is 11.3 Å². The smallest absolute Gasteiger partial charge is 0.226 e. The lowest BCUT2D eigenvalue weighted by molar-refractivity contribution is -0.116. The maximum atomic E-state index is 13.2. The molecule has 0 bridgehead atoms. The Bertz CT molecular complexity index is 854. The molecule has 122 valence electrons. The van der Waals surface area contributed by atoms with Gasteiger partial charge < -0.3 is 5.32 Å². The number of thiazole rings is 1. The summed E-state index contributed by atoms with van der Waals surface area (Å²) in [6.45, 7) is 0. The van der Waals surface area contributed by atoms with Crippen molar-refractivity contribution in [2.45, 2.75) is 12.8 Å². The second-order valence-corrected chi connectivity index (χ2v) is 6.34. The van der Waals surface area contributed by atoms with E-state index in [4.69, 9.17) is 11.6 Å². The minimum atomic E-state index is -0.473. The first kappa shape index (κ1) is 16.5. The van der Waals surface area contributed by atoms with Gasteiger partial charge in [0.1, 0.15) is 5.82 Å². The monoisotopic (exact) mass is 361 g/mol. The van der Waals surface area contributed by atoms with Crippen molar-refractivity contribution in [2.24, 2.45) is 0 Å². The molecule has 4 nitrogen and oxygen atoms in total. The molecule has 1 N–H and O–H groups in total. The number of carbonyl (C=O) groups is 1. The Morgan fingerprint density at radius 1 is 1.33 bits per heavy atom. The summed E-state index contributed by atoms with van der Waals surface area (Å²) in [7, 11) is 0. The van der Waals surface area contributed by atoms with Gasteiger partial charge in [-0.1, -0.05) is 17.7 Å². The van der Waals surface area contributed by atoms with Gasteiger partial charge in [-0.05, 0) is 36.2 Å². The maximum Gasteiger partial charge on any atom is 0.226 e. The lowest BCUT2D eigenvalue weighted by atomic mass is 10.1. The lowest BCUT2D eigenvalue weighted by Crippen LogP contribution is -2.12. The molecular formula is C17H13ClFN3OS. The Kier molecular flexibility index (Phi) is 5.17. The molecule has 7 heteroatoms. The molecule has 0 spiro atoms. The third-order valence-corrected chi connectivity index (χ3v) is 4.38. The van der Waals surface area contributed by atoms with Gasteiger partial charge in [-0.2, -0.15) is 0 Å². The topological polar surface area (TPSA) is 54.9 Å². The third-order valence-electron chi connectivity index (χ3n) is 3.33. The van der Waals surface area contributed by atoms with Crippen LogP contribution < -0.4 is 5.32 Å². The molecule has 0 aliphatic heterocycles. The maximum absolute atomic E-state index is 13.2. The lowest BCUT2D eigenvalue weighted by Gasteiger charge is -2.02. The standard InChI is InChI=1S/C17H13ClFN3OS/c18-13-8-12(4-5-14(13)19)15-10-24-17(21-15)22-16(23)6-3-11-2-1-7-20-9-11/h1-2,4-5,7-10H,3,6H2,(H,21,22,23). The Labute approximate surface area is 147 Å². The van der Waals surface area contributed by atoms with Gasteiger partial charge in [0.15, 0.2) is 5.13 Å². The van der Waals surface area contributed by atoms with E-state index in [1.165, 1.54) is 23.5 Å². The van der Waals surface area contributed by atoms with Crippen molar-refractivity contribution in [3.05, 3.63) is 64.5 Å². The molecule has 0 aliphatic carbocycles. The first-order chi connectivity index (χ1) is 11.6. The van der Waals surface area contributed by atoms with Crippen molar-refractivity contribution in [1.29, 1.82) is 0 Å². The summed E-state index contributed by atoms with van der Waals surface area (Å²) in [6.07, 6.45) is 4.41. The van der Waals surface area contributed by atoms with Gasteiger partial charge in [0.05, 0.1) is 10.7 Å². The van der Waals surface area contributed by atoms with E-state index in [1.807, 2.05) is 12.1 Å². The summed E-state index contributed by atoms with van der Waals surface area (Å²) in [5.74, 6) is -0.587. The molecule has 2 heterocycles. The molecule has 1 amide bonds. The molecule has 0 unspecified atom stereocenters. The molecular weight excluding hydrogens is 349 g/mol. The van der Waals surface area contributed by atoms with Gasteiger partial charge in [-0.25, -0.2) is 9.37 Å². The number of nitrogens with one attached hydrogen (secondary N) is 1. The van der Waals surface area contributed by atoms with Crippen LogP contribution in [0.2, 0.25) is 5.02 Å². The van der Waals surface area contributed by atoms with E-state index < -0.39 is 5.82 Å². The van der Waals surface area contributed by atoms with E-state index in [9.17, 15) is 9.18 Å². The van der Waals surface area contributed by atoms with Crippen LogP contribution in [0.1, 0.15) is 12.0 Å². The van der Waals surface area contributed by atoms with E-state index in [2.05, 4.69) is 15.3 Å². The van der Waals surface area contributed by atoms with Crippen LogP contribution in [0.25, 0.3) is 11.3 Å². The molecule has 3 rings (SSSR count). The van der Waals surface area contributed by atoms with Gasteiger partial charge in [-0.3, -0.25) is 9.78 Å². The number of benzene rings is 1. The molecule has 0 atom stereocenters. The quantitative estimate of drug-likeness (QED) is 0.724. The molecule has 24 heavy (non-hydrogen) atoms. The van der Waals surface area contributed by atoms with Crippen LogP contribution in [0, 0.1) is 5.82 Å². The molecule has 0 aliphatic rings. The highest BCUT2D eigenvalue weighted by atomic mass is 35.5. The second kappa shape index (κ2) is 7.51. The van der Waals surface area contributed by atoms with Crippen molar-refractivity contribution in [3.63, 3.8) is 0 Å². The summed E-state index contributed by atoms with van der Waals surface area (Å²) in [5.41, 5.74) is 2.35. The van der Waals surface area contributed by atoms with Crippen molar-refractivity contribution in [3.8, 4) is 11.3 Å². The number of aryl methyl sites for hydroxylation is 1. The summed E-state index contributed by atoms with van der Waals surface area (Å²) >= 11 is 7.09. The Morgan fingerprint density at radius 3 is 2.96 bits per heavy atom. The molecule has 0 saturated carbocycles. The number of hydrogen-bond donors (Lipinski definition) is 1. The minimum Gasteiger partial charge on any atom is -0.302 e. The van der Waals surface area contributed by atoms with Crippen LogP contribution >= 0.6 is 22.9 Å². The Hall–Kier alpha value is -2.31. The Morgan fingerprint density at radius 2 is 2.21 bits per heavy atom. The summed E-state index contributed by atoms with van der Waals surface area (Å²) < 4.78 is 13.2. The molecule has 1 aromatic carbocycles. The zero-order valence-electron chi connectivity index (χ0n) is 12.5. The van der Waals surface area contributed by atoms with Crippen molar-refractivity contribution < 1.29 is 9.18 Å². The first-order valence-electron chi connectivity index (χ1n) is 7.21. The van der Waals surface area contributed by atoms with Gasteiger partial charge in [0, 0.05) is 29.8 Å². The number of anilines is 1. The minimum absolute atomic E-state index is 0.0440. The van der Waals surface area contributed by atoms with Crippen LogP contribution in [0.4, 0.5) is 9.52 Å². The normalized spacial score (nSPS) is 10.6. The number of carbonyl (C=O) groups excluding carboxylic acids is 1. The molecule has 2 aromatic heterocycles. The molecule has 0 radical (unpaired) electrons. The van der Waals surface area contributed by atoms with Crippen LogP contribution in [-0.2, 0) is 11.2 Å². The third kappa shape index (κ3) is 4.15. The summed E-state index contributed by atoms with van der Waals surface area (Å²) in [4.78, 5) is 20.4. The average Bonchev–Trinajstić information content (AvgIpc) is 3.05. The molecule has 0 fully saturated rings. The SMILES string of the molecule is O=C(CCc1cccnc1)Nc1nc(-c2ccc(F)c(Cl)c2)cs1. The number of hydrogen-bond acceptors (Lipinski definition) is 4. The summed E-state index contributed by atoms with van der Waals surface area (Å²) in [6, 6.07) is 8.18. The summed E-state index contributed by atoms with van der Waals surface area (Å²) in [5, 5.41) is 5.11. The number of amides is 1. The van der Waals surface area contributed by atoms with E-state index in [1.54, 1.807) is 23.8 Å². The highest BCUT2D eigenvalue weighted by Crippen LogP contribution is 2.28. The van der Waals surface area contributed by atoms with Crippen LogP contribution in [-0.4, -0.2) is 15.9 Å². The fourth-order valence-corrected chi connectivity index (χ4v) is 3.02. The van der Waals surface area contributed by atoms with E-state index in [0.717, 1.165) is 5.56 Å². The molecule has 0 saturated heterocycles. The zero-order chi connectivity index (χ0) is 16.9. The van der Waals surface area contributed by atoms with Gasteiger partial charge in [0.25, 0.3) is 0 Å². The highest BCUT2D eigenvalue weighted by Gasteiger charge is 2.10. The van der Waals surface area contributed by atoms with Crippen LogP contribution in [0.5, 0.6) is 0 Å². The number of aromatic nitrogens is 2. The van der Waals surface area contributed by atoms with Gasteiger partial charge in [0.2, 0.25) is 5.91 Å². The number of rotatable bonds is 5. The van der Waals surface area contributed by atoms with Crippen molar-refractivity contribution in [1.82, 2.24) is 9.97 Å². The number of nitrogens with zero attached hydrogens (tertiary/aromatic N) is 2. The molecule has 3 aromatic rings. The number of pyridine rings is 1. The average molecular weight is 362 g/mol.